The average molecular weight is 513 g/mol. The SMILES string of the molecule is Cc1[nH]c2ccc3c(c2c1C(=O)OC(C)(c1ccccc1)C1CCCC1)CC1CCCN2CCCCC12O3. The molecule has 200 valence electrons. The topological polar surface area (TPSA) is 54.6 Å². The molecule has 2 saturated heterocycles. The zero-order chi connectivity index (χ0) is 25.9. The Kier molecular flexibility index (Phi) is 5.84. The van der Waals surface area contributed by atoms with Gasteiger partial charge < -0.3 is 14.5 Å². The number of ether oxygens (including phenoxy) is 2. The normalized spacial score (nSPS) is 27.2. The predicted molar refractivity (Wildman–Crippen MR) is 149 cm³/mol. The molecule has 5 nitrogen and oxygen atoms in total. The van der Waals surface area contributed by atoms with E-state index in [9.17, 15) is 4.79 Å². The number of hydrogen-bond acceptors (Lipinski definition) is 4. The Morgan fingerprint density at radius 3 is 2.63 bits per heavy atom. The molecule has 5 heteroatoms. The molecule has 1 N–H and O–H groups in total. The van der Waals surface area contributed by atoms with Crippen molar-refractivity contribution >= 4 is 16.9 Å². The first-order valence-electron chi connectivity index (χ1n) is 14.9. The van der Waals surface area contributed by atoms with Crippen LogP contribution in [0.4, 0.5) is 0 Å². The molecule has 0 amide bonds. The number of rotatable bonds is 4. The third kappa shape index (κ3) is 3.65. The highest BCUT2D eigenvalue weighted by molar-refractivity contribution is 6.07. The fourth-order valence-electron chi connectivity index (χ4n) is 8.33. The number of H-pyrrole nitrogens is 1. The van der Waals surface area contributed by atoms with Gasteiger partial charge in [-0.05, 0) is 76.5 Å². The largest absolute Gasteiger partial charge is 0.472 e. The van der Waals surface area contributed by atoms with Crippen molar-refractivity contribution < 1.29 is 14.3 Å². The van der Waals surface area contributed by atoms with Gasteiger partial charge in [-0.2, -0.15) is 0 Å². The van der Waals surface area contributed by atoms with E-state index < -0.39 is 5.60 Å². The Bertz CT molecular complexity index is 1360. The van der Waals surface area contributed by atoms with Crippen LogP contribution in [0.25, 0.3) is 10.9 Å². The minimum Gasteiger partial charge on any atom is -0.472 e. The van der Waals surface area contributed by atoms with Crippen molar-refractivity contribution in [2.24, 2.45) is 11.8 Å². The molecule has 3 atom stereocenters. The summed E-state index contributed by atoms with van der Waals surface area (Å²) in [6.45, 7) is 6.40. The van der Waals surface area contributed by atoms with Crippen LogP contribution in [-0.4, -0.2) is 34.7 Å². The number of fused-ring (bicyclic) bond motifs is 3. The predicted octanol–water partition coefficient (Wildman–Crippen LogP) is 7.27. The van der Waals surface area contributed by atoms with Gasteiger partial charge in [0.1, 0.15) is 11.4 Å². The zero-order valence-corrected chi connectivity index (χ0v) is 22.9. The second kappa shape index (κ2) is 9.15. The number of aromatic amines is 1. The summed E-state index contributed by atoms with van der Waals surface area (Å²) >= 11 is 0. The van der Waals surface area contributed by atoms with E-state index in [2.05, 4.69) is 53.2 Å². The second-order valence-electron chi connectivity index (χ2n) is 12.4. The fourth-order valence-corrected chi connectivity index (χ4v) is 8.33. The maximum absolute atomic E-state index is 14.2. The van der Waals surface area contributed by atoms with E-state index in [0.29, 0.717) is 17.4 Å². The molecule has 0 bridgehead atoms. The third-order valence-corrected chi connectivity index (χ3v) is 10.3. The smallest absolute Gasteiger partial charge is 0.341 e. The fraction of sp³-hybridized carbons (Fsp3) is 0.545. The van der Waals surface area contributed by atoms with Crippen molar-refractivity contribution in [3.05, 3.63) is 64.8 Å². The van der Waals surface area contributed by atoms with E-state index in [-0.39, 0.29) is 11.7 Å². The van der Waals surface area contributed by atoms with Crippen LogP contribution in [0.1, 0.15) is 91.9 Å². The highest BCUT2D eigenvalue weighted by atomic mass is 16.6. The number of esters is 1. The summed E-state index contributed by atoms with van der Waals surface area (Å²) in [5.41, 5.74) is 4.03. The van der Waals surface area contributed by atoms with Crippen molar-refractivity contribution in [1.82, 2.24) is 9.88 Å². The number of hydrogen-bond donors (Lipinski definition) is 1. The molecule has 4 aliphatic rings. The molecule has 1 spiro atoms. The molecule has 3 unspecified atom stereocenters. The number of carbonyl (C=O) groups is 1. The second-order valence-corrected chi connectivity index (χ2v) is 12.4. The number of piperidine rings is 2. The van der Waals surface area contributed by atoms with E-state index in [0.717, 1.165) is 66.7 Å². The Morgan fingerprint density at radius 1 is 1.03 bits per heavy atom. The van der Waals surface area contributed by atoms with E-state index in [1.54, 1.807) is 0 Å². The third-order valence-electron chi connectivity index (χ3n) is 10.3. The van der Waals surface area contributed by atoms with Crippen LogP contribution in [-0.2, 0) is 16.8 Å². The summed E-state index contributed by atoms with van der Waals surface area (Å²) in [5, 5.41) is 1.01. The zero-order valence-electron chi connectivity index (χ0n) is 22.9. The first kappa shape index (κ1) is 24.3. The molecular formula is C33H40N2O3. The van der Waals surface area contributed by atoms with Gasteiger partial charge in [-0.3, -0.25) is 4.90 Å². The molecule has 0 radical (unpaired) electrons. The first-order chi connectivity index (χ1) is 18.5. The van der Waals surface area contributed by atoms with Crippen LogP contribution in [0.15, 0.2) is 42.5 Å². The maximum Gasteiger partial charge on any atom is 0.341 e. The van der Waals surface area contributed by atoms with Gasteiger partial charge >= 0.3 is 5.97 Å². The lowest BCUT2D eigenvalue weighted by Crippen LogP contribution is -2.64. The first-order valence-corrected chi connectivity index (χ1v) is 14.9. The summed E-state index contributed by atoms with van der Waals surface area (Å²) in [7, 11) is 0. The van der Waals surface area contributed by atoms with Crippen LogP contribution in [0.3, 0.4) is 0 Å². The van der Waals surface area contributed by atoms with Crippen LogP contribution in [0.2, 0.25) is 0 Å². The highest BCUT2D eigenvalue weighted by Crippen LogP contribution is 2.50. The molecule has 1 saturated carbocycles. The molecule has 38 heavy (non-hydrogen) atoms. The highest BCUT2D eigenvalue weighted by Gasteiger charge is 2.52. The number of aryl methyl sites for hydroxylation is 1. The summed E-state index contributed by atoms with van der Waals surface area (Å²) < 4.78 is 13.6. The molecule has 1 aromatic heterocycles. The Morgan fingerprint density at radius 2 is 1.82 bits per heavy atom. The van der Waals surface area contributed by atoms with E-state index in [1.807, 2.05) is 13.0 Å². The monoisotopic (exact) mass is 512 g/mol. The van der Waals surface area contributed by atoms with Gasteiger partial charge in [-0.15, -0.1) is 0 Å². The minimum absolute atomic E-state index is 0.169. The number of benzene rings is 2. The molecule has 1 aliphatic carbocycles. The van der Waals surface area contributed by atoms with Crippen molar-refractivity contribution in [2.45, 2.75) is 89.4 Å². The van der Waals surface area contributed by atoms with Crippen LogP contribution >= 0.6 is 0 Å². The number of nitrogens with zero attached hydrogens (tertiary/aromatic N) is 1. The maximum atomic E-state index is 14.2. The molecule has 2 aromatic carbocycles. The van der Waals surface area contributed by atoms with Gasteiger partial charge in [0.25, 0.3) is 0 Å². The van der Waals surface area contributed by atoms with Gasteiger partial charge in [0.15, 0.2) is 5.72 Å². The van der Waals surface area contributed by atoms with Crippen molar-refractivity contribution in [1.29, 1.82) is 0 Å². The lowest BCUT2D eigenvalue weighted by molar-refractivity contribution is -0.177. The summed E-state index contributed by atoms with van der Waals surface area (Å²) in [5.74, 6) is 1.53. The summed E-state index contributed by atoms with van der Waals surface area (Å²) in [6.07, 6.45) is 11.5. The number of nitrogens with one attached hydrogen (secondary N) is 1. The van der Waals surface area contributed by atoms with Gasteiger partial charge in [-0.1, -0.05) is 43.2 Å². The minimum atomic E-state index is -0.647. The van der Waals surface area contributed by atoms with Gasteiger partial charge in [-0.25, -0.2) is 4.79 Å². The van der Waals surface area contributed by atoms with Crippen LogP contribution in [0, 0.1) is 18.8 Å². The lowest BCUT2D eigenvalue weighted by atomic mass is 9.74. The molecule has 3 aliphatic heterocycles. The quantitative estimate of drug-likeness (QED) is 0.374. The Labute approximate surface area is 225 Å². The van der Waals surface area contributed by atoms with Gasteiger partial charge in [0.05, 0.1) is 5.56 Å². The Balaban J connectivity index is 1.30. The molecule has 7 rings (SSSR count). The standard InChI is InChI=1S/C33H40N2O3/c1-22-29(31(36)38-32(2,24-13-6-7-14-24)23-11-4-3-5-12-23)30-26-21-25-15-10-20-35-19-9-8-18-33(25,35)37-28(26)17-16-27(30)34-22/h3-5,11-12,16-17,24-25,34H,6-10,13-15,18-21H2,1-2H3. The average Bonchev–Trinajstić information content (AvgIpc) is 3.60. The molecule has 3 aromatic rings. The van der Waals surface area contributed by atoms with Crippen LogP contribution in [0.5, 0.6) is 5.75 Å². The van der Waals surface area contributed by atoms with Crippen molar-refractivity contribution in [3.63, 3.8) is 0 Å². The van der Waals surface area contributed by atoms with E-state index in [1.165, 1.54) is 44.1 Å². The number of carbonyl (C=O) groups excluding carboxylic acids is 1. The lowest BCUT2D eigenvalue weighted by Gasteiger charge is -2.56. The van der Waals surface area contributed by atoms with Gasteiger partial charge in [0, 0.05) is 53.5 Å². The van der Waals surface area contributed by atoms with Crippen molar-refractivity contribution in [3.8, 4) is 5.75 Å². The number of aromatic nitrogens is 1. The molecule has 3 fully saturated rings. The van der Waals surface area contributed by atoms with Gasteiger partial charge in [0.2, 0.25) is 0 Å². The summed E-state index contributed by atoms with van der Waals surface area (Å²) in [4.78, 5) is 20.3. The molecule has 4 heterocycles. The summed E-state index contributed by atoms with van der Waals surface area (Å²) in [6, 6.07) is 14.6. The Hall–Kier alpha value is -2.79. The molecular weight excluding hydrogens is 472 g/mol. The van der Waals surface area contributed by atoms with E-state index in [4.69, 9.17) is 9.47 Å². The van der Waals surface area contributed by atoms with Crippen LogP contribution < -0.4 is 4.74 Å². The van der Waals surface area contributed by atoms with Crippen molar-refractivity contribution in [2.75, 3.05) is 13.1 Å². The van der Waals surface area contributed by atoms with E-state index >= 15 is 0 Å².